The number of nitrogens with two attached hydrogens (primary N) is 1. The molecule has 0 radical (unpaired) electrons. The number of unbranched alkanes of at least 4 members (excludes halogenated alkanes) is 2. The fourth-order valence-electron chi connectivity index (χ4n) is 3.71. The maximum atomic E-state index is 14.0. The number of nitrogen functional groups attached to an aromatic ring is 1. The molecule has 3 aromatic rings. The van der Waals surface area contributed by atoms with E-state index < -0.39 is 43.1 Å². The Hall–Kier alpha value is -3.41. The predicted octanol–water partition coefficient (Wildman–Crippen LogP) is 3.63. The number of carbonyl (C=O) groups excluding carboxylic acids is 2. The third-order valence-electron chi connectivity index (χ3n) is 5.76. The minimum atomic E-state index is -3.91. The van der Waals surface area contributed by atoms with Crippen LogP contribution in [0.15, 0.2) is 36.9 Å². The molecule has 0 aliphatic heterocycles. The summed E-state index contributed by atoms with van der Waals surface area (Å²) in [5.41, 5.74) is 5.48. The fraction of sp³-hybridized carbons (Fsp3) is 0.480. The SMILES string of the molecule is CCCCCOC(=O)C(C)(C)N[P@](=O)(CO[C@H](C)Cn1cnc2c(N)ncnc21)NC(=O)c1ccc(F)cc1. The van der Waals surface area contributed by atoms with Crippen LogP contribution in [0, 0.1) is 5.82 Å². The van der Waals surface area contributed by atoms with Gasteiger partial charge in [0.25, 0.3) is 13.4 Å². The van der Waals surface area contributed by atoms with E-state index >= 15 is 0 Å². The molecule has 12 nitrogen and oxygen atoms in total. The highest BCUT2D eigenvalue weighted by molar-refractivity contribution is 7.60. The van der Waals surface area contributed by atoms with Crippen molar-refractivity contribution in [2.24, 2.45) is 0 Å². The molecule has 0 aliphatic carbocycles. The smallest absolute Gasteiger partial charge is 0.326 e. The molecule has 212 valence electrons. The number of ether oxygens (including phenoxy) is 2. The number of fused-ring (bicyclic) bond motifs is 1. The average Bonchev–Trinajstić information content (AvgIpc) is 3.29. The van der Waals surface area contributed by atoms with Gasteiger partial charge in [-0.05, 0) is 51.5 Å². The quantitative estimate of drug-likeness (QED) is 0.150. The van der Waals surface area contributed by atoms with Gasteiger partial charge in [0.05, 0.1) is 25.6 Å². The molecule has 0 unspecified atom stereocenters. The van der Waals surface area contributed by atoms with Crippen molar-refractivity contribution in [3.05, 3.63) is 48.3 Å². The molecule has 3 rings (SSSR count). The molecular weight excluding hydrogens is 528 g/mol. The minimum Gasteiger partial charge on any atom is -0.464 e. The van der Waals surface area contributed by atoms with Gasteiger partial charge in [-0.15, -0.1) is 0 Å². The molecule has 0 saturated carbocycles. The number of aromatic nitrogens is 4. The summed E-state index contributed by atoms with van der Waals surface area (Å²) in [4.78, 5) is 38.0. The number of hydrogen-bond acceptors (Lipinski definition) is 9. The molecule has 2 aromatic heterocycles. The van der Waals surface area contributed by atoms with Crippen LogP contribution in [0.1, 0.15) is 57.3 Å². The Balaban J connectivity index is 1.74. The second kappa shape index (κ2) is 13.1. The first-order chi connectivity index (χ1) is 18.4. The molecule has 0 fully saturated rings. The van der Waals surface area contributed by atoms with E-state index in [0.29, 0.717) is 17.6 Å². The minimum absolute atomic E-state index is 0.0913. The van der Waals surface area contributed by atoms with Crippen LogP contribution in [0.25, 0.3) is 11.2 Å². The number of hydrogen-bond donors (Lipinski definition) is 3. The van der Waals surface area contributed by atoms with Crippen molar-refractivity contribution >= 4 is 36.3 Å². The molecule has 39 heavy (non-hydrogen) atoms. The van der Waals surface area contributed by atoms with Crippen LogP contribution in [-0.2, 0) is 25.4 Å². The standard InChI is InChI=1S/C25H35FN7O5P/c1-5-6-7-12-37-24(35)25(3,4)32-39(36,31-23(34)18-8-10-19(26)11-9-18)16-38-17(2)13-33-15-30-20-21(27)28-14-29-22(20)33/h8-11,14-15,17H,5-7,12-13,16H2,1-4H3,(H2,27,28,29)(H2,31,32,34,36)/t17-,39+/m1/s1. The summed E-state index contributed by atoms with van der Waals surface area (Å²) >= 11 is 0. The lowest BCUT2D eigenvalue weighted by Crippen LogP contribution is -2.49. The number of imidazole rings is 1. The predicted molar refractivity (Wildman–Crippen MR) is 144 cm³/mol. The lowest BCUT2D eigenvalue weighted by Gasteiger charge is -2.31. The highest BCUT2D eigenvalue weighted by atomic mass is 31.2. The van der Waals surface area contributed by atoms with Crippen molar-refractivity contribution < 1.29 is 28.0 Å². The third kappa shape index (κ3) is 8.29. The van der Waals surface area contributed by atoms with Gasteiger partial charge in [-0.25, -0.2) is 24.4 Å². The first-order valence-electron chi connectivity index (χ1n) is 12.6. The average molecular weight is 564 g/mol. The van der Waals surface area contributed by atoms with Crippen molar-refractivity contribution in [2.45, 2.75) is 65.1 Å². The van der Waals surface area contributed by atoms with E-state index in [2.05, 4.69) is 25.1 Å². The fourth-order valence-corrected chi connectivity index (χ4v) is 5.81. The lowest BCUT2D eigenvalue weighted by molar-refractivity contribution is -0.149. The van der Waals surface area contributed by atoms with Gasteiger partial charge >= 0.3 is 5.97 Å². The number of anilines is 1. The van der Waals surface area contributed by atoms with Gasteiger partial charge < -0.3 is 19.8 Å². The molecule has 0 spiro atoms. The van der Waals surface area contributed by atoms with Gasteiger partial charge in [0.15, 0.2) is 11.5 Å². The van der Waals surface area contributed by atoms with Crippen molar-refractivity contribution in [3.8, 4) is 0 Å². The summed E-state index contributed by atoms with van der Waals surface area (Å²) in [6.07, 6.45) is 4.49. The normalized spacial score (nSPS) is 14.1. The topological polar surface area (TPSA) is 163 Å². The third-order valence-corrected chi connectivity index (χ3v) is 7.76. The Labute approximate surface area is 226 Å². The Bertz CT molecular complexity index is 1330. The number of nitrogens with one attached hydrogen (secondary N) is 2. The molecule has 0 aliphatic rings. The van der Waals surface area contributed by atoms with E-state index in [4.69, 9.17) is 15.2 Å². The van der Waals surface area contributed by atoms with Gasteiger partial charge in [0, 0.05) is 5.56 Å². The Morgan fingerprint density at radius 1 is 1.18 bits per heavy atom. The summed E-state index contributed by atoms with van der Waals surface area (Å²) in [6, 6.07) is 4.77. The number of amides is 1. The van der Waals surface area contributed by atoms with E-state index in [1.54, 1.807) is 17.8 Å². The van der Waals surface area contributed by atoms with Crippen LogP contribution in [0.3, 0.4) is 0 Å². The maximum absolute atomic E-state index is 14.0. The van der Waals surface area contributed by atoms with Gasteiger partial charge in [-0.2, -0.15) is 0 Å². The number of rotatable bonds is 14. The van der Waals surface area contributed by atoms with Crippen LogP contribution in [0.4, 0.5) is 10.2 Å². The second-order valence-corrected chi connectivity index (χ2v) is 11.9. The zero-order valence-corrected chi connectivity index (χ0v) is 23.4. The highest BCUT2D eigenvalue weighted by Gasteiger charge is 2.39. The van der Waals surface area contributed by atoms with E-state index in [9.17, 15) is 18.5 Å². The number of nitrogens with zero attached hydrogens (tertiary/aromatic N) is 4. The first-order valence-corrected chi connectivity index (χ1v) is 14.5. The maximum Gasteiger partial charge on any atom is 0.326 e. The molecule has 4 N–H and O–H groups in total. The van der Waals surface area contributed by atoms with Crippen LogP contribution in [0.5, 0.6) is 0 Å². The van der Waals surface area contributed by atoms with Crippen LogP contribution < -0.4 is 15.9 Å². The number of halogens is 1. The second-order valence-electron chi connectivity index (χ2n) is 9.70. The van der Waals surface area contributed by atoms with Gasteiger partial charge in [-0.1, -0.05) is 19.8 Å². The number of benzene rings is 1. The van der Waals surface area contributed by atoms with Crippen molar-refractivity contribution in [3.63, 3.8) is 0 Å². The van der Waals surface area contributed by atoms with Crippen molar-refractivity contribution in [1.82, 2.24) is 29.7 Å². The van der Waals surface area contributed by atoms with Gasteiger partial charge in [0.2, 0.25) is 0 Å². The Morgan fingerprint density at radius 2 is 1.90 bits per heavy atom. The summed E-state index contributed by atoms with van der Waals surface area (Å²) in [5, 5.41) is 5.23. The van der Waals surface area contributed by atoms with Gasteiger partial charge in [-0.3, -0.25) is 19.2 Å². The van der Waals surface area contributed by atoms with Crippen molar-refractivity contribution in [2.75, 3.05) is 18.7 Å². The van der Waals surface area contributed by atoms with Gasteiger partial charge in [0.1, 0.15) is 29.5 Å². The molecule has 0 bridgehead atoms. The van der Waals surface area contributed by atoms with Crippen LogP contribution >= 0.6 is 7.44 Å². The van der Waals surface area contributed by atoms with E-state index in [-0.39, 0.29) is 24.5 Å². The Kier molecular flexibility index (Phi) is 10.1. The number of carbonyl (C=O) groups is 2. The highest BCUT2D eigenvalue weighted by Crippen LogP contribution is 2.40. The summed E-state index contributed by atoms with van der Waals surface area (Å²) < 4.78 is 40.3. The monoisotopic (exact) mass is 563 g/mol. The largest absolute Gasteiger partial charge is 0.464 e. The Morgan fingerprint density at radius 3 is 2.59 bits per heavy atom. The van der Waals surface area contributed by atoms with E-state index in [1.165, 1.54) is 32.3 Å². The zero-order valence-electron chi connectivity index (χ0n) is 22.5. The molecule has 2 heterocycles. The molecule has 0 saturated heterocycles. The summed E-state index contributed by atoms with van der Waals surface area (Å²) in [6.45, 7) is 7.31. The van der Waals surface area contributed by atoms with E-state index in [1.807, 2.05) is 6.92 Å². The first kappa shape index (κ1) is 30.1. The zero-order chi connectivity index (χ0) is 28.6. The summed E-state index contributed by atoms with van der Waals surface area (Å²) in [5.74, 6) is -1.61. The van der Waals surface area contributed by atoms with E-state index in [0.717, 1.165) is 25.0 Å². The van der Waals surface area contributed by atoms with Crippen LogP contribution in [0.2, 0.25) is 0 Å². The molecule has 2 atom stereocenters. The molecule has 14 heteroatoms. The lowest BCUT2D eigenvalue weighted by atomic mass is 10.1. The van der Waals surface area contributed by atoms with Crippen molar-refractivity contribution in [1.29, 1.82) is 0 Å². The molecular formula is C25H35FN7O5P. The summed E-state index contributed by atoms with van der Waals surface area (Å²) in [7, 11) is -3.91. The molecule has 1 amide bonds. The van der Waals surface area contributed by atoms with Crippen LogP contribution in [-0.4, -0.2) is 56.0 Å². The molecule has 1 aromatic carbocycles. The number of esters is 1.